The van der Waals surface area contributed by atoms with E-state index in [9.17, 15) is 5.11 Å². The molecule has 0 spiro atoms. The third kappa shape index (κ3) is 6.95. The minimum Gasteiger partial charge on any atom is -0.491 e. The lowest BCUT2D eigenvalue weighted by atomic mass is 10.2. The number of rotatable bonds is 9. The first-order chi connectivity index (χ1) is 11.5. The molecule has 1 saturated heterocycles. The van der Waals surface area contributed by atoms with E-state index >= 15 is 0 Å². The molecule has 1 aromatic rings. The van der Waals surface area contributed by atoms with Gasteiger partial charge in [-0.05, 0) is 26.0 Å². The van der Waals surface area contributed by atoms with E-state index in [0.29, 0.717) is 24.8 Å². The fraction of sp³-hybridized carbons (Fsp3) is 0.667. The lowest BCUT2D eigenvalue weighted by Gasteiger charge is -2.35. The first-order valence-electron chi connectivity index (χ1n) is 8.66. The van der Waals surface area contributed by atoms with Crippen molar-refractivity contribution in [1.82, 2.24) is 9.80 Å². The molecular formula is C18H29ClN2O3. The van der Waals surface area contributed by atoms with E-state index < -0.39 is 6.10 Å². The number of hydrogen-bond donors (Lipinski definition) is 1. The van der Waals surface area contributed by atoms with E-state index in [1.165, 1.54) is 0 Å². The van der Waals surface area contributed by atoms with Crippen LogP contribution in [0, 0.1) is 0 Å². The highest BCUT2D eigenvalue weighted by Gasteiger charge is 2.19. The molecule has 0 aliphatic carbocycles. The van der Waals surface area contributed by atoms with Gasteiger partial charge in [0, 0.05) is 39.3 Å². The average Bonchev–Trinajstić information content (AvgIpc) is 2.56. The van der Waals surface area contributed by atoms with Crippen LogP contribution in [0.1, 0.15) is 13.8 Å². The Balaban J connectivity index is 1.60. The summed E-state index contributed by atoms with van der Waals surface area (Å²) in [5, 5.41) is 10.6. The number of β-amino-alcohol motifs (C(OH)–C–C–N with tert-alkyl or cyclic N) is 1. The average molecular weight is 357 g/mol. The zero-order valence-corrected chi connectivity index (χ0v) is 15.4. The van der Waals surface area contributed by atoms with E-state index in [2.05, 4.69) is 9.80 Å². The maximum atomic E-state index is 10.00. The zero-order chi connectivity index (χ0) is 17.4. The lowest BCUT2D eigenvalue weighted by Crippen LogP contribution is -2.49. The molecule has 1 heterocycles. The van der Waals surface area contributed by atoms with Gasteiger partial charge in [-0.25, -0.2) is 0 Å². The molecular weight excluding hydrogens is 328 g/mol. The predicted molar refractivity (Wildman–Crippen MR) is 96.9 cm³/mol. The van der Waals surface area contributed by atoms with E-state index in [4.69, 9.17) is 21.1 Å². The van der Waals surface area contributed by atoms with Gasteiger partial charge >= 0.3 is 0 Å². The van der Waals surface area contributed by atoms with Gasteiger partial charge in [-0.2, -0.15) is 0 Å². The van der Waals surface area contributed by atoms with Crippen LogP contribution in [-0.4, -0.2) is 79.6 Å². The quantitative estimate of drug-likeness (QED) is 0.734. The number of hydrogen-bond acceptors (Lipinski definition) is 5. The van der Waals surface area contributed by atoms with Crippen LogP contribution >= 0.6 is 11.6 Å². The highest BCUT2D eigenvalue weighted by Crippen LogP contribution is 2.22. The van der Waals surface area contributed by atoms with Gasteiger partial charge < -0.3 is 14.6 Å². The van der Waals surface area contributed by atoms with Gasteiger partial charge in [0.1, 0.15) is 12.4 Å². The molecule has 24 heavy (non-hydrogen) atoms. The molecule has 6 heteroatoms. The van der Waals surface area contributed by atoms with Gasteiger partial charge in [-0.3, -0.25) is 9.80 Å². The molecule has 1 aliphatic rings. The van der Waals surface area contributed by atoms with Gasteiger partial charge in [0.2, 0.25) is 0 Å². The Morgan fingerprint density at radius 3 is 2.46 bits per heavy atom. The van der Waals surface area contributed by atoms with Crippen molar-refractivity contribution in [2.24, 2.45) is 0 Å². The van der Waals surface area contributed by atoms with Crippen LogP contribution in [0.25, 0.3) is 0 Å². The van der Waals surface area contributed by atoms with Crippen molar-refractivity contribution in [3.8, 4) is 5.75 Å². The van der Waals surface area contributed by atoms with Crippen LogP contribution in [0.5, 0.6) is 5.75 Å². The Labute approximate surface area is 150 Å². The molecule has 0 bridgehead atoms. The Morgan fingerprint density at radius 1 is 1.12 bits per heavy atom. The zero-order valence-electron chi connectivity index (χ0n) is 14.7. The topological polar surface area (TPSA) is 45.2 Å². The summed E-state index contributed by atoms with van der Waals surface area (Å²) in [7, 11) is 0. The maximum Gasteiger partial charge on any atom is 0.137 e. The fourth-order valence-electron chi connectivity index (χ4n) is 2.70. The number of aliphatic hydroxyl groups is 1. The molecule has 1 atom stereocenters. The Hall–Kier alpha value is -0.850. The molecule has 1 fully saturated rings. The van der Waals surface area contributed by atoms with Crippen LogP contribution in [0.2, 0.25) is 5.02 Å². The summed E-state index contributed by atoms with van der Waals surface area (Å²) >= 11 is 6.08. The van der Waals surface area contributed by atoms with Gasteiger partial charge in [-0.15, -0.1) is 0 Å². The lowest BCUT2D eigenvalue weighted by molar-refractivity contribution is -0.0149. The van der Waals surface area contributed by atoms with Crippen molar-refractivity contribution in [2.75, 3.05) is 52.5 Å². The molecule has 0 aromatic heterocycles. The SMILES string of the molecule is CC(C)OCC(O)CN1CCN(CCOc2ccccc2Cl)CC1. The van der Waals surface area contributed by atoms with Crippen molar-refractivity contribution in [3.63, 3.8) is 0 Å². The first kappa shape index (κ1) is 19.5. The van der Waals surface area contributed by atoms with Crippen molar-refractivity contribution in [1.29, 1.82) is 0 Å². The highest BCUT2D eigenvalue weighted by atomic mass is 35.5. The third-order valence-corrected chi connectivity index (χ3v) is 4.37. The normalized spacial score (nSPS) is 18.0. The van der Waals surface area contributed by atoms with Crippen LogP contribution in [-0.2, 0) is 4.74 Å². The van der Waals surface area contributed by atoms with Crippen LogP contribution in [0.3, 0.4) is 0 Å². The Morgan fingerprint density at radius 2 is 1.79 bits per heavy atom. The molecule has 1 aromatic carbocycles. The van der Waals surface area contributed by atoms with Gasteiger partial charge in [0.15, 0.2) is 0 Å². The highest BCUT2D eigenvalue weighted by molar-refractivity contribution is 6.32. The number of nitrogens with zero attached hydrogens (tertiary/aromatic N) is 2. The Bertz CT molecular complexity index is 479. The molecule has 1 aliphatic heterocycles. The van der Waals surface area contributed by atoms with Crippen LogP contribution in [0.15, 0.2) is 24.3 Å². The number of piperazine rings is 1. The van der Waals surface area contributed by atoms with E-state index in [1.807, 2.05) is 38.1 Å². The van der Waals surface area contributed by atoms with Gasteiger partial charge in [-0.1, -0.05) is 23.7 Å². The number of halogens is 1. The number of ether oxygens (including phenoxy) is 2. The maximum absolute atomic E-state index is 10.00. The second-order valence-electron chi connectivity index (χ2n) is 6.46. The van der Waals surface area contributed by atoms with Crippen LogP contribution < -0.4 is 4.74 Å². The summed E-state index contributed by atoms with van der Waals surface area (Å²) in [6.45, 7) is 10.5. The monoisotopic (exact) mass is 356 g/mol. The van der Waals surface area contributed by atoms with E-state index in [-0.39, 0.29) is 6.10 Å². The third-order valence-electron chi connectivity index (χ3n) is 4.06. The number of para-hydroxylation sites is 1. The van der Waals surface area contributed by atoms with Crippen molar-refractivity contribution >= 4 is 11.6 Å². The predicted octanol–water partition coefficient (Wildman–Crippen LogP) is 2.12. The van der Waals surface area contributed by atoms with Crippen molar-refractivity contribution in [3.05, 3.63) is 29.3 Å². The minimum absolute atomic E-state index is 0.162. The minimum atomic E-state index is -0.414. The first-order valence-corrected chi connectivity index (χ1v) is 9.04. The van der Waals surface area contributed by atoms with Crippen LogP contribution in [0.4, 0.5) is 0 Å². The molecule has 1 N–H and O–H groups in total. The van der Waals surface area contributed by atoms with E-state index in [0.717, 1.165) is 38.5 Å². The molecule has 136 valence electrons. The molecule has 5 nitrogen and oxygen atoms in total. The summed E-state index contributed by atoms with van der Waals surface area (Å²) < 4.78 is 11.2. The summed E-state index contributed by atoms with van der Waals surface area (Å²) in [5.74, 6) is 0.742. The van der Waals surface area contributed by atoms with Gasteiger partial charge in [0.25, 0.3) is 0 Å². The largest absolute Gasteiger partial charge is 0.491 e. The summed E-state index contributed by atoms with van der Waals surface area (Å²) in [4.78, 5) is 4.67. The van der Waals surface area contributed by atoms with Crippen molar-refractivity contribution in [2.45, 2.75) is 26.1 Å². The second kappa shape index (κ2) is 10.2. The van der Waals surface area contributed by atoms with Crippen molar-refractivity contribution < 1.29 is 14.6 Å². The van der Waals surface area contributed by atoms with Gasteiger partial charge in [0.05, 0.1) is 23.8 Å². The molecule has 1 unspecified atom stereocenters. The standard InChI is InChI=1S/C18H29ClN2O3/c1-15(2)24-14-16(22)13-21-9-7-20(8-10-21)11-12-23-18-6-4-3-5-17(18)19/h3-6,15-16,22H,7-14H2,1-2H3. The fourth-order valence-corrected chi connectivity index (χ4v) is 2.89. The number of aliphatic hydroxyl groups excluding tert-OH is 1. The smallest absolute Gasteiger partial charge is 0.137 e. The second-order valence-corrected chi connectivity index (χ2v) is 6.86. The summed E-state index contributed by atoms with van der Waals surface area (Å²) in [6.07, 6.45) is -0.253. The molecule has 0 amide bonds. The molecule has 2 rings (SSSR count). The molecule has 0 radical (unpaired) electrons. The summed E-state index contributed by atoms with van der Waals surface area (Å²) in [6, 6.07) is 7.55. The molecule has 0 saturated carbocycles. The Kier molecular flexibility index (Phi) is 8.29. The van der Waals surface area contributed by atoms with E-state index in [1.54, 1.807) is 0 Å². The summed E-state index contributed by atoms with van der Waals surface area (Å²) in [5.41, 5.74) is 0. The number of benzene rings is 1.